The van der Waals surface area contributed by atoms with Crippen LogP contribution >= 0.6 is 0 Å². The van der Waals surface area contributed by atoms with Gasteiger partial charge in [-0.3, -0.25) is 0 Å². The quantitative estimate of drug-likeness (QED) is 0.557. The molecule has 0 unspecified atom stereocenters. The zero-order valence-corrected chi connectivity index (χ0v) is 5.27. The second-order valence-corrected chi connectivity index (χ2v) is 1.65. The lowest BCUT2D eigenvalue weighted by Gasteiger charge is -1.96. The van der Waals surface area contributed by atoms with Crippen LogP contribution in [-0.4, -0.2) is 12.1 Å². The second-order valence-electron chi connectivity index (χ2n) is 1.65. The molecule has 0 aliphatic rings. The minimum atomic E-state index is -1.11. The first-order valence-electron chi connectivity index (χ1n) is 2.59. The van der Waals surface area contributed by atoms with Crippen LogP contribution in [0, 0.1) is 11.8 Å². The molecule has 0 N–H and O–H groups in total. The fourth-order valence-corrected chi connectivity index (χ4v) is 0.515. The molecular formula is C6H5F2NO. The lowest BCUT2D eigenvalue weighted by molar-refractivity contribution is 0.398. The highest BCUT2D eigenvalue weighted by Crippen LogP contribution is 2.11. The molecule has 0 aliphatic heterocycles. The molecule has 0 radical (unpaired) electrons. The fraction of sp³-hybridized carbons (Fsp3) is 0.167. The zero-order chi connectivity index (χ0) is 7.56. The van der Waals surface area contributed by atoms with Gasteiger partial charge < -0.3 is 4.74 Å². The summed E-state index contributed by atoms with van der Waals surface area (Å²) in [4.78, 5) is 3.08. The van der Waals surface area contributed by atoms with Crippen molar-refractivity contribution < 1.29 is 13.5 Å². The largest absolute Gasteiger partial charge is 0.495 e. The molecule has 54 valence electrons. The van der Waals surface area contributed by atoms with Gasteiger partial charge in [-0.15, -0.1) is 0 Å². The standard InChI is InChI=1S/C6H5F2NO/c1-10-4-2-5(7)6(8)9-3-4/h2-3H,1H3. The van der Waals surface area contributed by atoms with Crippen LogP contribution in [0.1, 0.15) is 0 Å². The van der Waals surface area contributed by atoms with Gasteiger partial charge >= 0.3 is 0 Å². The Labute approximate surface area is 56.5 Å². The summed E-state index contributed by atoms with van der Waals surface area (Å²) in [5, 5.41) is 0. The molecule has 4 heteroatoms. The topological polar surface area (TPSA) is 22.1 Å². The molecule has 1 aromatic heterocycles. The van der Waals surface area contributed by atoms with E-state index < -0.39 is 11.8 Å². The van der Waals surface area contributed by atoms with Crippen molar-refractivity contribution in [2.45, 2.75) is 0 Å². The number of aromatic nitrogens is 1. The predicted octanol–water partition coefficient (Wildman–Crippen LogP) is 1.37. The number of hydrogen-bond acceptors (Lipinski definition) is 2. The van der Waals surface area contributed by atoms with Gasteiger partial charge in [0.05, 0.1) is 13.3 Å². The number of halogens is 2. The Balaban J connectivity index is 3.04. The molecule has 0 aromatic carbocycles. The highest BCUT2D eigenvalue weighted by molar-refractivity contribution is 5.17. The lowest BCUT2D eigenvalue weighted by Crippen LogP contribution is -1.91. The molecule has 0 fully saturated rings. The molecular weight excluding hydrogens is 140 g/mol. The first-order valence-corrected chi connectivity index (χ1v) is 2.59. The van der Waals surface area contributed by atoms with E-state index in [2.05, 4.69) is 9.72 Å². The van der Waals surface area contributed by atoms with Gasteiger partial charge in [-0.05, 0) is 0 Å². The van der Waals surface area contributed by atoms with Crippen LogP contribution in [0.2, 0.25) is 0 Å². The van der Waals surface area contributed by atoms with E-state index in [1.807, 2.05) is 0 Å². The molecule has 0 aliphatic carbocycles. The van der Waals surface area contributed by atoms with E-state index in [0.717, 1.165) is 12.3 Å². The van der Waals surface area contributed by atoms with Gasteiger partial charge in [0.1, 0.15) is 5.75 Å². The normalized spacial score (nSPS) is 9.50. The Morgan fingerprint density at radius 3 is 2.70 bits per heavy atom. The van der Waals surface area contributed by atoms with E-state index in [1.54, 1.807) is 0 Å². The molecule has 2 nitrogen and oxygen atoms in total. The first kappa shape index (κ1) is 6.92. The molecule has 0 bridgehead atoms. The fourth-order valence-electron chi connectivity index (χ4n) is 0.515. The predicted molar refractivity (Wildman–Crippen MR) is 30.7 cm³/mol. The van der Waals surface area contributed by atoms with Gasteiger partial charge in [0.2, 0.25) is 5.95 Å². The molecule has 0 atom stereocenters. The molecule has 0 saturated heterocycles. The monoisotopic (exact) mass is 145 g/mol. The van der Waals surface area contributed by atoms with E-state index >= 15 is 0 Å². The number of hydrogen-bond donors (Lipinski definition) is 0. The van der Waals surface area contributed by atoms with Crippen molar-refractivity contribution >= 4 is 0 Å². The molecule has 10 heavy (non-hydrogen) atoms. The Bertz CT molecular complexity index is 239. The third-order valence-corrected chi connectivity index (χ3v) is 1.01. The van der Waals surface area contributed by atoms with Crippen LogP contribution in [0.25, 0.3) is 0 Å². The molecule has 1 heterocycles. The highest BCUT2D eigenvalue weighted by Gasteiger charge is 2.02. The van der Waals surface area contributed by atoms with Gasteiger partial charge in [0, 0.05) is 6.07 Å². The van der Waals surface area contributed by atoms with E-state index in [0.29, 0.717) is 0 Å². The van der Waals surface area contributed by atoms with Crippen molar-refractivity contribution in [1.29, 1.82) is 0 Å². The van der Waals surface area contributed by atoms with Crippen molar-refractivity contribution in [3.8, 4) is 5.75 Å². The SMILES string of the molecule is COc1cnc(F)c(F)c1. The van der Waals surface area contributed by atoms with Gasteiger partial charge in [-0.2, -0.15) is 4.39 Å². The number of rotatable bonds is 1. The van der Waals surface area contributed by atoms with Crippen LogP contribution < -0.4 is 4.74 Å². The van der Waals surface area contributed by atoms with Gasteiger partial charge in [-0.25, -0.2) is 9.37 Å². The van der Waals surface area contributed by atoms with Crippen molar-refractivity contribution in [1.82, 2.24) is 4.98 Å². The van der Waals surface area contributed by atoms with Crippen molar-refractivity contribution in [3.63, 3.8) is 0 Å². The summed E-state index contributed by atoms with van der Waals surface area (Å²) in [6.07, 6.45) is 1.11. The van der Waals surface area contributed by atoms with Crippen LogP contribution in [0.3, 0.4) is 0 Å². The van der Waals surface area contributed by atoms with Gasteiger partial charge in [-0.1, -0.05) is 0 Å². The summed E-state index contributed by atoms with van der Waals surface area (Å²) in [6, 6.07) is 0.933. The number of pyridine rings is 1. The van der Waals surface area contributed by atoms with Crippen molar-refractivity contribution in [2.75, 3.05) is 7.11 Å². The molecule has 1 aromatic rings. The van der Waals surface area contributed by atoms with Gasteiger partial charge in [0.15, 0.2) is 5.82 Å². The van der Waals surface area contributed by atoms with E-state index in [4.69, 9.17) is 0 Å². The minimum absolute atomic E-state index is 0.207. The summed E-state index contributed by atoms with van der Waals surface area (Å²) in [5.41, 5.74) is 0. The second kappa shape index (κ2) is 2.60. The van der Waals surface area contributed by atoms with Crippen molar-refractivity contribution in [3.05, 3.63) is 24.0 Å². The Morgan fingerprint density at radius 1 is 1.50 bits per heavy atom. The summed E-state index contributed by atoms with van der Waals surface area (Å²) in [5.74, 6) is -1.90. The van der Waals surface area contributed by atoms with Gasteiger partial charge in [0.25, 0.3) is 0 Å². The Hall–Kier alpha value is -1.19. The molecule has 0 spiro atoms. The maximum Gasteiger partial charge on any atom is 0.249 e. The minimum Gasteiger partial charge on any atom is -0.495 e. The average molecular weight is 145 g/mol. The summed E-state index contributed by atoms with van der Waals surface area (Å²) in [7, 11) is 1.36. The number of ether oxygens (including phenoxy) is 1. The highest BCUT2D eigenvalue weighted by atomic mass is 19.2. The summed E-state index contributed by atoms with van der Waals surface area (Å²) in [6.45, 7) is 0. The van der Waals surface area contributed by atoms with Crippen LogP contribution in [-0.2, 0) is 0 Å². The molecule has 0 amide bonds. The van der Waals surface area contributed by atoms with Crippen LogP contribution in [0.5, 0.6) is 5.75 Å². The van der Waals surface area contributed by atoms with Crippen LogP contribution in [0.15, 0.2) is 12.3 Å². The Kier molecular flexibility index (Phi) is 1.80. The van der Waals surface area contributed by atoms with Crippen molar-refractivity contribution in [2.24, 2.45) is 0 Å². The smallest absolute Gasteiger partial charge is 0.249 e. The third kappa shape index (κ3) is 1.21. The molecule has 1 rings (SSSR count). The Morgan fingerprint density at radius 2 is 2.20 bits per heavy atom. The number of nitrogens with zero attached hydrogens (tertiary/aromatic N) is 1. The third-order valence-electron chi connectivity index (χ3n) is 1.01. The van der Waals surface area contributed by atoms with Crippen LogP contribution in [0.4, 0.5) is 8.78 Å². The summed E-state index contributed by atoms with van der Waals surface area (Å²) >= 11 is 0. The maximum atomic E-state index is 12.2. The van der Waals surface area contributed by atoms with E-state index in [-0.39, 0.29) is 5.75 Å². The van der Waals surface area contributed by atoms with E-state index in [1.165, 1.54) is 7.11 Å². The van der Waals surface area contributed by atoms with E-state index in [9.17, 15) is 8.78 Å². The molecule has 0 saturated carbocycles. The maximum absolute atomic E-state index is 12.2. The first-order chi connectivity index (χ1) is 4.74. The average Bonchev–Trinajstić information content (AvgIpc) is 1.95. The summed E-state index contributed by atoms with van der Waals surface area (Å²) < 4.78 is 28.9. The number of methoxy groups -OCH3 is 1. The zero-order valence-electron chi connectivity index (χ0n) is 5.27. The lowest BCUT2D eigenvalue weighted by atomic mass is 10.4.